The smallest absolute Gasteiger partial charge is 0.252 e. The van der Waals surface area contributed by atoms with Crippen LogP contribution in [0.5, 0.6) is 11.6 Å². The Kier molecular flexibility index (Phi) is 5.89. The predicted octanol–water partition coefficient (Wildman–Crippen LogP) is 5.83. The van der Waals surface area contributed by atoms with Crippen molar-refractivity contribution < 1.29 is 14.4 Å². The van der Waals surface area contributed by atoms with Crippen molar-refractivity contribution in [3.63, 3.8) is 0 Å². The van der Waals surface area contributed by atoms with Gasteiger partial charge in [-0.1, -0.05) is 36.4 Å². The zero-order valence-corrected chi connectivity index (χ0v) is 16.0. The normalized spacial score (nSPS) is 12.3. The van der Waals surface area contributed by atoms with E-state index in [0.29, 0.717) is 11.0 Å². The number of hydrogen-bond donors (Lipinski definition) is 1. The van der Waals surface area contributed by atoms with Gasteiger partial charge in [0.15, 0.2) is 5.76 Å². The summed E-state index contributed by atoms with van der Waals surface area (Å²) in [5, 5.41) is 13.1. The van der Waals surface area contributed by atoms with Crippen LogP contribution in [0, 0.1) is 0 Å². The second kappa shape index (κ2) is 8.32. The van der Waals surface area contributed by atoms with Crippen molar-refractivity contribution in [1.29, 1.82) is 0 Å². The van der Waals surface area contributed by atoms with Gasteiger partial charge in [0, 0.05) is 22.6 Å². The second-order valence-electron chi connectivity index (χ2n) is 6.44. The third-order valence-corrected chi connectivity index (χ3v) is 5.21. The molecule has 0 aliphatic carbocycles. The Hall–Kier alpha value is -2.40. The van der Waals surface area contributed by atoms with Crippen LogP contribution < -0.4 is 4.74 Å². The number of rotatable bonds is 7. The fourth-order valence-electron chi connectivity index (χ4n) is 2.60. The van der Waals surface area contributed by atoms with Crippen LogP contribution >= 0.6 is 11.8 Å². The average molecular weight is 369 g/mol. The Bertz CT molecular complexity index is 842. The van der Waals surface area contributed by atoms with Crippen LogP contribution in [0.2, 0.25) is 0 Å². The summed E-state index contributed by atoms with van der Waals surface area (Å²) in [7, 11) is 0. The van der Waals surface area contributed by atoms with Crippen molar-refractivity contribution in [2.24, 2.45) is 0 Å². The molecule has 0 fully saturated rings. The molecule has 3 aromatic rings. The standard InChI is InChI=1S/C21H23NO3S/c1-14(2)24-19-6-4-5-18(11-19)15(3)26-13-16-7-9-17(10-8-16)20-12-21(23)22-25-20/h4-12,14-15H,13H2,1-3H3,(H,22,23). The molecule has 1 atom stereocenters. The van der Waals surface area contributed by atoms with E-state index >= 15 is 0 Å². The third kappa shape index (κ3) is 4.82. The quantitative estimate of drug-likeness (QED) is 0.568. The van der Waals surface area contributed by atoms with Gasteiger partial charge in [-0.25, -0.2) is 0 Å². The molecule has 0 aliphatic rings. The fourth-order valence-corrected chi connectivity index (χ4v) is 3.57. The summed E-state index contributed by atoms with van der Waals surface area (Å²) < 4.78 is 10.9. The minimum Gasteiger partial charge on any atom is -0.491 e. The van der Waals surface area contributed by atoms with Gasteiger partial charge in [-0.05, 0) is 49.2 Å². The number of nitrogens with zero attached hydrogens (tertiary/aromatic N) is 1. The predicted molar refractivity (Wildman–Crippen MR) is 106 cm³/mol. The maximum atomic E-state index is 9.27. The maximum Gasteiger partial charge on any atom is 0.252 e. The molecular formula is C21H23NO3S. The number of hydrogen-bond acceptors (Lipinski definition) is 5. The highest BCUT2D eigenvalue weighted by atomic mass is 32.2. The molecule has 5 heteroatoms. The van der Waals surface area contributed by atoms with Crippen LogP contribution in [0.1, 0.15) is 37.1 Å². The van der Waals surface area contributed by atoms with Crippen LogP contribution in [0.3, 0.4) is 0 Å². The highest BCUT2D eigenvalue weighted by Crippen LogP contribution is 2.33. The van der Waals surface area contributed by atoms with Gasteiger partial charge in [0.25, 0.3) is 5.88 Å². The maximum absolute atomic E-state index is 9.27. The highest BCUT2D eigenvalue weighted by Gasteiger charge is 2.09. The molecule has 0 aliphatic heterocycles. The monoisotopic (exact) mass is 369 g/mol. The number of benzene rings is 2. The summed E-state index contributed by atoms with van der Waals surface area (Å²) >= 11 is 1.88. The number of aromatic hydroxyl groups is 1. The van der Waals surface area contributed by atoms with E-state index in [4.69, 9.17) is 9.26 Å². The summed E-state index contributed by atoms with van der Waals surface area (Å²) in [6.07, 6.45) is 0.179. The first-order valence-corrected chi connectivity index (χ1v) is 9.69. The highest BCUT2D eigenvalue weighted by molar-refractivity contribution is 7.98. The van der Waals surface area contributed by atoms with E-state index in [1.165, 1.54) is 17.2 Å². The Morgan fingerprint density at radius 3 is 2.50 bits per heavy atom. The third-order valence-electron chi connectivity index (χ3n) is 3.94. The Morgan fingerprint density at radius 1 is 1.08 bits per heavy atom. The van der Waals surface area contributed by atoms with E-state index in [1.54, 1.807) is 0 Å². The molecule has 2 aromatic carbocycles. The molecule has 1 N–H and O–H groups in total. The van der Waals surface area contributed by atoms with Gasteiger partial charge in [0.05, 0.1) is 6.10 Å². The van der Waals surface area contributed by atoms with E-state index in [0.717, 1.165) is 17.1 Å². The first-order valence-electron chi connectivity index (χ1n) is 8.64. The van der Waals surface area contributed by atoms with Crippen LogP contribution in [-0.4, -0.2) is 16.4 Å². The molecule has 3 rings (SSSR count). The molecule has 1 heterocycles. The number of aromatic nitrogens is 1. The minimum atomic E-state index is -0.0999. The van der Waals surface area contributed by atoms with Crippen molar-refractivity contribution in [3.05, 3.63) is 65.7 Å². The molecule has 136 valence electrons. The van der Waals surface area contributed by atoms with Gasteiger partial charge in [-0.3, -0.25) is 0 Å². The molecule has 0 radical (unpaired) electrons. The van der Waals surface area contributed by atoms with Crippen molar-refractivity contribution >= 4 is 11.8 Å². The SMILES string of the molecule is CC(C)Oc1cccc(C(C)SCc2ccc(-c3cc(O)no3)cc2)c1. The van der Waals surface area contributed by atoms with Crippen LogP contribution in [0.15, 0.2) is 59.1 Å². The molecule has 0 saturated heterocycles. The second-order valence-corrected chi connectivity index (χ2v) is 7.77. The van der Waals surface area contributed by atoms with E-state index in [-0.39, 0.29) is 12.0 Å². The van der Waals surface area contributed by atoms with Crippen LogP contribution in [-0.2, 0) is 5.75 Å². The van der Waals surface area contributed by atoms with E-state index in [2.05, 4.69) is 36.3 Å². The minimum absolute atomic E-state index is 0.0999. The van der Waals surface area contributed by atoms with E-state index in [1.807, 2.05) is 49.9 Å². The Balaban J connectivity index is 1.60. The van der Waals surface area contributed by atoms with E-state index < -0.39 is 0 Å². The summed E-state index contributed by atoms with van der Waals surface area (Å²) in [6.45, 7) is 6.29. The molecule has 1 unspecified atom stereocenters. The first kappa shape index (κ1) is 18.4. The Labute approximate surface area is 158 Å². The molecule has 1 aromatic heterocycles. The zero-order valence-electron chi connectivity index (χ0n) is 15.2. The molecular weight excluding hydrogens is 346 g/mol. The molecule has 26 heavy (non-hydrogen) atoms. The van der Waals surface area contributed by atoms with Gasteiger partial charge in [-0.15, -0.1) is 11.8 Å². The van der Waals surface area contributed by atoms with Crippen LogP contribution in [0.4, 0.5) is 0 Å². The van der Waals surface area contributed by atoms with Gasteiger partial charge in [-0.2, -0.15) is 0 Å². The molecule has 4 nitrogen and oxygen atoms in total. The van der Waals surface area contributed by atoms with Gasteiger partial charge < -0.3 is 14.4 Å². The van der Waals surface area contributed by atoms with Crippen molar-refractivity contribution in [1.82, 2.24) is 5.16 Å². The summed E-state index contributed by atoms with van der Waals surface area (Å²) in [6, 6.07) is 17.9. The van der Waals surface area contributed by atoms with Crippen molar-refractivity contribution in [2.75, 3.05) is 0 Å². The molecule has 0 spiro atoms. The lowest BCUT2D eigenvalue weighted by Crippen LogP contribution is -2.05. The molecule has 0 amide bonds. The summed E-state index contributed by atoms with van der Waals surface area (Å²) in [5.74, 6) is 2.30. The van der Waals surface area contributed by atoms with E-state index in [9.17, 15) is 5.11 Å². The number of ether oxygens (including phenoxy) is 1. The van der Waals surface area contributed by atoms with Crippen molar-refractivity contribution in [2.45, 2.75) is 37.9 Å². The molecule has 0 saturated carbocycles. The Morgan fingerprint density at radius 2 is 1.85 bits per heavy atom. The lowest BCUT2D eigenvalue weighted by Gasteiger charge is -2.15. The van der Waals surface area contributed by atoms with Crippen LogP contribution in [0.25, 0.3) is 11.3 Å². The first-order chi connectivity index (χ1) is 12.5. The molecule has 0 bridgehead atoms. The topological polar surface area (TPSA) is 55.5 Å². The van der Waals surface area contributed by atoms with Gasteiger partial charge >= 0.3 is 0 Å². The summed E-state index contributed by atoms with van der Waals surface area (Å²) in [4.78, 5) is 0. The summed E-state index contributed by atoms with van der Waals surface area (Å²) in [5.41, 5.74) is 3.41. The largest absolute Gasteiger partial charge is 0.491 e. The van der Waals surface area contributed by atoms with Crippen molar-refractivity contribution in [3.8, 4) is 23.0 Å². The average Bonchev–Trinajstić information content (AvgIpc) is 3.06. The fraction of sp³-hybridized carbons (Fsp3) is 0.286. The van der Waals surface area contributed by atoms with Gasteiger partial charge in [0.2, 0.25) is 0 Å². The lowest BCUT2D eigenvalue weighted by molar-refractivity contribution is 0.242. The number of thioether (sulfide) groups is 1. The zero-order chi connectivity index (χ0) is 18.5. The lowest BCUT2D eigenvalue weighted by atomic mass is 10.1. The van der Waals surface area contributed by atoms with Gasteiger partial charge in [0.1, 0.15) is 5.75 Å².